The maximum atomic E-state index is 9.56. The van der Waals surface area contributed by atoms with Crippen molar-refractivity contribution in [1.29, 1.82) is 0 Å². The average Bonchev–Trinajstić information content (AvgIpc) is 3.13. The third kappa shape index (κ3) is 6.96. The van der Waals surface area contributed by atoms with Gasteiger partial charge in [0.15, 0.2) is 5.96 Å². The van der Waals surface area contributed by atoms with E-state index in [9.17, 15) is 5.11 Å². The summed E-state index contributed by atoms with van der Waals surface area (Å²) in [7, 11) is 0. The molecule has 3 N–H and O–H groups in total. The number of hydrogen-bond donors (Lipinski definition) is 3. The molecule has 0 radical (unpaired) electrons. The lowest BCUT2D eigenvalue weighted by Crippen LogP contribution is -2.41. The third-order valence-electron chi connectivity index (χ3n) is 4.67. The van der Waals surface area contributed by atoms with Gasteiger partial charge in [0.1, 0.15) is 0 Å². The van der Waals surface area contributed by atoms with Gasteiger partial charge in [0.05, 0.1) is 12.6 Å². The summed E-state index contributed by atoms with van der Waals surface area (Å²) in [5, 5.41) is 18.5. The lowest BCUT2D eigenvalue weighted by atomic mass is 9.92. The Kier molecular flexibility index (Phi) is 8.19. The fourth-order valence-corrected chi connectivity index (χ4v) is 3.86. The fraction of sp³-hybridized carbons (Fsp3) is 0.737. The van der Waals surface area contributed by atoms with Gasteiger partial charge in [-0.25, -0.2) is 0 Å². The molecular formula is C19H34N4OS. The highest BCUT2D eigenvalue weighted by molar-refractivity contribution is 7.10. The molecule has 1 aromatic heterocycles. The van der Waals surface area contributed by atoms with Gasteiger partial charge in [0, 0.05) is 36.5 Å². The van der Waals surface area contributed by atoms with Gasteiger partial charge >= 0.3 is 0 Å². The van der Waals surface area contributed by atoms with Crippen LogP contribution in [0.5, 0.6) is 0 Å². The van der Waals surface area contributed by atoms with Crippen molar-refractivity contribution in [2.24, 2.45) is 4.99 Å². The standard InChI is InChI=1S/C19H34N4OS/c1-4-20-18(22-15-19(2,3)17-7-5-14-25-17)21-10-6-11-23-12-8-16(24)9-13-23/h5,7,14,16,24H,4,6,8-13,15H2,1-3H3,(H2,20,21,22). The maximum Gasteiger partial charge on any atom is 0.191 e. The Bertz CT molecular complexity index is 508. The summed E-state index contributed by atoms with van der Waals surface area (Å²) in [6.07, 6.45) is 2.83. The second-order valence-electron chi connectivity index (χ2n) is 7.41. The van der Waals surface area contributed by atoms with Crippen molar-refractivity contribution >= 4 is 17.3 Å². The van der Waals surface area contributed by atoms with Crippen molar-refractivity contribution in [3.8, 4) is 0 Å². The number of guanidine groups is 1. The number of aliphatic imine (C=N–C) groups is 1. The minimum Gasteiger partial charge on any atom is -0.393 e. The predicted octanol–water partition coefficient (Wildman–Crippen LogP) is 2.43. The van der Waals surface area contributed by atoms with Gasteiger partial charge in [-0.1, -0.05) is 19.9 Å². The van der Waals surface area contributed by atoms with E-state index in [1.54, 1.807) is 11.3 Å². The van der Waals surface area contributed by atoms with E-state index in [4.69, 9.17) is 4.99 Å². The largest absolute Gasteiger partial charge is 0.393 e. The van der Waals surface area contributed by atoms with Crippen molar-refractivity contribution in [2.75, 3.05) is 39.3 Å². The molecule has 0 saturated carbocycles. The van der Waals surface area contributed by atoms with Crippen molar-refractivity contribution in [3.05, 3.63) is 22.4 Å². The topological polar surface area (TPSA) is 59.9 Å². The fourth-order valence-electron chi connectivity index (χ4n) is 3.01. The minimum atomic E-state index is -0.0893. The molecular weight excluding hydrogens is 332 g/mol. The second-order valence-corrected chi connectivity index (χ2v) is 8.36. The molecule has 0 atom stereocenters. The molecule has 2 rings (SSSR count). The highest BCUT2D eigenvalue weighted by Crippen LogP contribution is 2.27. The quantitative estimate of drug-likeness (QED) is 0.376. The van der Waals surface area contributed by atoms with Crippen LogP contribution >= 0.6 is 11.3 Å². The number of piperidine rings is 1. The highest BCUT2D eigenvalue weighted by Gasteiger charge is 2.21. The second kappa shape index (κ2) is 10.1. The molecule has 142 valence electrons. The van der Waals surface area contributed by atoms with E-state index in [0.717, 1.165) is 64.5 Å². The van der Waals surface area contributed by atoms with E-state index in [2.05, 4.69) is 53.8 Å². The van der Waals surface area contributed by atoms with Gasteiger partial charge in [-0.15, -0.1) is 11.3 Å². The molecule has 2 heterocycles. The maximum absolute atomic E-state index is 9.56. The van der Waals surface area contributed by atoms with Crippen molar-refractivity contribution < 1.29 is 5.11 Å². The van der Waals surface area contributed by atoms with Gasteiger partial charge in [-0.2, -0.15) is 0 Å². The van der Waals surface area contributed by atoms with E-state index in [1.807, 2.05) is 0 Å². The summed E-state index contributed by atoms with van der Waals surface area (Å²) in [6, 6.07) is 4.30. The van der Waals surface area contributed by atoms with Crippen LogP contribution in [0.2, 0.25) is 0 Å². The number of likely N-dealkylation sites (tertiary alicyclic amines) is 1. The van der Waals surface area contributed by atoms with Crippen LogP contribution in [0.15, 0.2) is 22.5 Å². The summed E-state index contributed by atoms with van der Waals surface area (Å²) in [5.74, 6) is 0.904. The van der Waals surface area contributed by atoms with Gasteiger partial charge in [-0.05, 0) is 44.2 Å². The highest BCUT2D eigenvalue weighted by atomic mass is 32.1. The van der Waals surface area contributed by atoms with Gasteiger partial charge < -0.3 is 20.6 Å². The number of hydrogen-bond acceptors (Lipinski definition) is 4. The molecule has 0 spiro atoms. The molecule has 1 fully saturated rings. The Morgan fingerprint density at radius 1 is 1.36 bits per heavy atom. The molecule has 0 bridgehead atoms. The van der Waals surface area contributed by atoms with Crippen LogP contribution in [0.1, 0.15) is 44.9 Å². The molecule has 0 aromatic carbocycles. The number of aliphatic hydroxyl groups excluding tert-OH is 1. The van der Waals surface area contributed by atoms with Crippen molar-refractivity contribution in [1.82, 2.24) is 15.5 Å². The van der Waals surface area contributed by atoms with E-state index in [1.165, 1.54) is 4.88 Å². The lowest BCUT2D eigenvalue weighted by Gasteiger charge is -2.29. The first-order valence-electron chi connectivity index (χ1n) is 9.48. The van der Waals surface area contributed by atoms with E-state index in [-0.39, 0.29) is 11.5 Å². The summed E-state index contributed by atoms with van der Waals surface area (Å²) in [4.78, 5) is 8.61. The van der Waals surface area contributed by atoms with Gasteiger partial charge in [-0.3, -0.25) is 4.99 Å². The smallest absolute Gasteiger partial charge is 0.191 e. The Hall–Kier alpha value is -1.11. The zero-order valence-electron chi connectivity index (χ0n) is 15.9. The predicted molar refractivity (Wildman–Crippen MR) is 108 cm³/mol. The Morgan fingerprint density at radius 3 is 2.76 bits per heavy atom. The Morgan fingerprint density at radius 2 is 2.12 bits per heavy atom. The average molecular weight is 367 g/mol. The summed E-state index contributed by atoms with van der Waals surface area (Å²) in [5.41, 5.74) is 0.0607. The summed E-state index contributed by atoms with van der Waals surface area (Å²) >= 11 is 1.80. The molecule has 1 aliphatic heterocycles. The monoisotopic (exact) mass is 366 g/mol. The van der Waals surface area contributed by atoms with Crippen LogP contribution in [0.4, 0.5) is 0 Å². The van der Waals surface area contributed by atoms with Crippen LogP contribution in [0.25, 0.3) is 0 Å². The van der Waals surface area contributed by atoms with E-state index >= 15 is 0 Å². The normalized spacial score (nSPS) is 17.7. The van der Waals surface area contributed by atoms with Crippen LogP contribution in [-0.4, -0.2) is 61.3 Å². The molecule has 25 heavy (non-hydrogen) atoms. The molecule has 0 unspecified atom stereocenters. The van der Waals surface area contributed by atoms with Gasteiger partial charge in [0.2, 0.25) is 0 Å². The number of aliphatic hydroxyl groups is 1. The molecule has 1 saturated heterocycles. The van der Waals surface area contributed by atoms with Crippen molar-refractivity contribution in [2.45, 2.75) is 51.6 Å². The molecule has 6 heteroatoms. The summed E-state index contributed by atoms with van der Waals surface area (Å²) in [6.45, 7) is 12.3. The zero-order valence-corrected chi connectivity index (χ0v) is 16.7. The zero-order chi connectivity index (χ0) is 18.1. The summed E-state index contributed by atoms with van der Waals surface area (Å²) < 4.78 is 0. The first-order chi connectivity index (χ1) is 12.0. The number of nitrogens with zero attached hydrogens (tertiary/aromatic N) is 2. The van der Waals surface area contributed by atoms with Gasteiger partial charge in [0.25, 0.3) is 0 Å². The number of rotatable bonds is 8. The van der Waals surface area contributed by atoms with E-state index in [0.29, 0.717) is 0 Å². The lowest BCUT2D eigenvalue weighted by molar-refractivity contribution is 0.0823. The minimum absolute atomic E-state index is 0.0607. The molecule has 1 aliphatic rings. The van der Waals surface area contributed by atoms with Crippen LogP contribution in [-0.2, 0) is 5.41 Å². The molecule has 0 amide bonds. The van der Waals surface area contributed by atoms with Crippen molar-refractivity contribution in [3.63, 3.8) is 0 Å². The first-order valence-corrected chi connectivity index (χ1v) is 10.4. The van der Waals surface area contributed by atoms with Crippen LogP contribution in [0, 0.1) is 0 Å². The molecule has 1 aromatic rings. The number of thiophene rings is 1. The van der Waals surface area contributed by atoms with E-state index < -0.39 is 0 Å². The Labute approximate surface area is 156 Å². The number of nitrogens with one attached hydrogen (secondary N) is 2. The third-order valence-corrected chi connectivity index (χ3v) is 5.90. The molecule has 0 aliphatic carbocycles. The van der Waals surface area contributed by atoms with Crippen LogP contribution < -0.4 is 10.6 Å². The SMILES string of the molecule is CCNC(=NCC(C)(C)c1cccs1)NCCCN1CCC(O)CC1. The van der Waals surface area contributed by atoms with Crippen LogP contribution in [0.3, 0.4) is 0 Å². The molecule has 5 nitrogen and oxygen atoms in total. The first kappa shape index (κ1) is 20.2. The Balaban J connectivity index is 1.74.